The van der Waals surface area contributed by atoms with Crippen molar-refractivity contribution < 1.29 is 14.3 Å². The highest BCUT2D eigenvalue weighted by atomic mass is 32.1. The summed E-state index contributed by atoms with van der Waals surface area (Å²) in [4.78, 5) is 25.9. The highest BCUT2D eigenvalue weighted by molar-refractivity contribution is 7.18. The number of anilines is 1. The molecule has 1 aromatic heterocycles. The van der Waals surface area contributed by atoms with Gasteiger partial charge < -0.3 is 15.4 Å². The fourth-order valence-electron chi connectivity index (χ4n) is 4.17. The summed E-state index contributed by atoms with van der Waals surface area (Å²) in [5, 5.41) is 8.80. The van der Waals surface area contributed by atoms with Crippen LogP contribution in [0.15, 0.2) is 66.0 Å². The second-order valence-corrected chi connectivity index (χ2v) is 8.35. The molecule has 0 spiro atoms. The Balaban J connectivity index is 1.56. The van der Waals surface area contributed by atoms with E-state index < -0.39 is 0 Å². The Morgan fingerprint density at radius 3 is 2.68 bits per heavy atom. The van der Waals surface area contributed by atoms with Gasteiger partial charge in [-0.25, -0.2) is 0 Å². The number of hydrogen-bond donors (Lipinski definition) is 2. The summed E-state index contributed by atoms with van der Waals surface area (Å²) >= 11 is 1.48. The van der Waals surface area contributed by atoms with E-state index in [0.717, 1.165) is 32.5 Å². The molecule has 0 fully saturated rings. The van der Waals surface area contributed by atoms with Crippen LogP contribution < -0.4 is 15.4 Å². The molecule has 0 saturated heterocycles. The van der Waals surface area contributed by atoms with Crippen LogP contribution in [0, 0.1) is 6.92 Å². The molecule has 1 unspecified atom stereocenters. The topological polar surface area (TPSA) is 67.4 Å². The van der Waals surface area contributed by atoms with E-state index in [1.807, 2.05) is 60.8 Å². The highest BCUT2D eigenvalue weighted by Gasteiger charge is 2.33. The third-order valence-corrected chi connectivity index (χ3v) is 6.70. The summed E-state index contributed by atoms with van der Waals surface area (Å²) in [5.41, 5.74) is 4.70. The number of benzene rings is 3. The number of amides is 2. The summed E-state index contributed by atoms with van der Waals surface area (Å²) < 4.78 is 6.35. The second-order valence-electron chi connectivity index (χ2n) is 7.47. The highest BCUT2D eigenvalue weighted by Crippen LogP contribution is 2.38. The lowest BCUT2D eigenvalue weighted by molar-refractivity contribution is 0.0959. The molecule has 31 heavy (non-hydrogen) atoms. The van der Waals surface area contributed by atoms with Crippen molar-refractivity contribution >= 4 is 38.9 Å². The molecule has 0 radical (unpaired) electrons. The molecule has 5 nitrogen and oxygen atoms in total. The van der Waals surface area contributed by atoms with Crippen molar-refractivity contribution in [2.24, 2.45) is 0 Å². The summed E-state index contributed by atoms with van der Waals surface area (Å²) in [6, 6.07) is 18.8. The first-order valence-electron chi connectivity index (χ1n) is 9.93. The van der Waals surface area contributed by atoms with Crippen LogP contribution in [0.4, 0.5) is 5.69 Å². The Kier molecular flexibility index (Phi) is 4.71. The van der Waals surface area contributed by atoms with Gasteiger partial charge in [0.15, 0.2) is 0 Å². The number of nitrogens with one attached hydrogen (secondary N) is 2. The number of thiophene rings is 1. The van der Waals surface area contributed by atoms with Crippen LogP contribution in [0.2, 0.25) is 0 Å². The minimum Gasteiger partial charge on any atom is -0.495 e. The molecule has 1 aliphatic heterocycles. The van der Waals surface area contributed by atoms with E-state index in [-0.39, 0.29) is 17.9 Å². The van der Waals surface area contributed by atoms with E-state index in [4.69, 9.17) is 4.74 Å². The molecule has 2 N–H and O–H groups in total. The van der Waals surface area contributed by atoms with Gasteiger partial charge in [0.1, 0.15) is 5.75 Å². The maximum Gasteiger partial charge on any atom is 0.257 e. The molecule has 6 heteroatoms. The molecular formula is C25H20N2O3S. The molecule has 2 amide bonds. The third-order valence-electron chi connectivity index (χ3n) is 5.69. The summed E-state index contributed by atoms with van der Waals surface area (Å²) in [6.45, 7) is 2.02. The van der Waals surface area contributed by atoms with Gasteiger partial charge in [0, 0.05) is 27.6 Å². The molecular weight excluding hydrogens is 408 g/mol. The zero-order valence-electron chi connectivity index (χ0n) is 17.1. The lowest BCUT2D eigenvalue weighted by atomic mass is 9.93. The van der Waals surface area contributed by atoms with E-state index in [1.165, 1.54) is 11.3 Å². The summed E-state index contributed by atoms with van der Waals surface area (Å²) in [6.07, 6.45) is 0. The minimum absolute atomic E-state index is 0.134. The van der Waals surface area contributed by atoms with Crippen LogP contribution >= 0.6 is 11.3 Å². The van der Waals surface area contributed by atoms with E-state index in [1.54, 1.807) is 19.2 Å². The van der Waals surface area contributed by atoms with Crippen LogP contribution in [-0.2, 0) is 0 Å². The van der Waals surface area contributed by atoms with Gasteiger partial charge >= 0.3 is 0 Å². The van der Waals surface area contributed by atoms with Crippen molar-refractivity contribution in [3.63, 3.8) is 0 Å². The van der Waals surface area contributed by atoms with E-state index >= 15 is 0 Å². The van der Waals surface area contributed by atoms with Gasteiger partial charge in [0.05, 0.1) is 23.4 Å². The van der Waals surface area contributed by atoms with Crippen molar-refractivity contribution in [1.82, 2.24) is 5.32 Å². The lowest BCUT2D eigenvalue weighted by Crippen LogP contribution is -2.21. The summed E-state index contributed by atoms with van der Waals surface area (Å²) in [7, 11) is 1.62. The normalized spacial score (nSPS) is 14.9. The van der Waals surface area contributed by atoms with E-state index in [2.05, 4.69) is 10.6 Å². The number of aryl methyl sites for hydroxylation is 1. The number of hydrogen-bond acceptors (Lipinski definition) is 4. The van der Waals surface area contributed by atoms with Crippen molar-refractivity contribution in [3.8, 4) is 5.75 Å². The van der Waals surface area contributed by atoms with Gasteiger partial charge in [-0.15, -0.1) is 11.3 Å². The molecule has 0 saturated carbocycles. The van der Waals surface area contributed by atoms with Crippen molar-refractivity contribution in [2.45, 2.75) is 13.0 Å². The van der Waals surface area contributed by atoms with Gasteiger partial charge in [-0.2, -0.15) is 0 Å². The summed E-state index contributed by atoms with van der Waals surface area (Å²) in [5.74, 6) is 0.400. The smallest absolute Gasteiger partial charge is 0.257 e. The SMILES string of the molecule is COc1cccc2c(C(=O)Nc3cccc4c3C(c3ccccc3C)NC4=O)csc12. The first kappa shape index (κ1) is 19.3. The molecule has 5 rings (SSSR count). The predicted molar refractivity (Wildman–Crippen MR) is 123 cm³/mol. The molecule has 1 aliphatic rings. The van der Waals surface area contributed by atoms with Crippen LogP contribution in [0.5, 0.6) is 5.75 Å². The Bertz CT molecular complexity index is 1340. The van der Waals surface area contributed by atoms with E-state index in [0.29, 0.717) is 16.8 Å². The fraction of sp³-hybridized carbons (Fsp3) is 0.120. The molecule has 154 valence electrons. The number of fused-ring (bicyclic) bond motifs is 2. The Morgan fingerprint density at radius 1 is 1.06 bits per heavy atom. The number of carbonyl (C=O) groups is 2. The maximum atomic E-state index is 13.2. The number of rotatable bonds is 4. The first-order valence-corrected chi connectivity index (χ1v) is 10.8. The van der Waals surface area contributed by atoms with Crippen LogP contribution in [0.3, 0.4) is 0 Å². The molecule has 0 bridgehead atoms. The Hall–Kier alpha value is -3.64. The largest absolute Gasteiger partial charge is 0.495 e. The monoisotopic (exact) mass is 428 g/mol. The fourth-order valence-corrected chi connectivity index (χ4v) is 5.21. The minimum atomic E-state index is -0.306. The van der Waals surface area contributed by atoms with Gasteiger partial charge in [-0.1, -0.05) is 42.5 Å². The van der Waals surface area contributed by atoms with Crippen molar-refractivity contribution in [3.05, 3.63) is 93.9 Å². The number of methoxy groups -OCH3 is 1. The quantitative estimate of drug-likeness (QED) is 0.463. The molecule has 3 aromatic carbocycles. The second kappa shape index (κ2) is 7.56. The molecule has 2 heterocycles. The van der Waals surface area contributed by atoms with Crippen LogP contribution in [-0.4, -0.2) is 18.9 Å². The molecule has 1 atom stereocenters. The van der Waals surface area contributed by atoms with Crippen molar-refractivity contribution in [1.29, 1.82) is 0 Å². The van der Waals surface area contributed by atoms with Crippen molar-refractivity contribution in [2.75, 3.05) is 12.4 Å². The van der Waals surface area contributed by atoms with Gasteiger partial charge in [0.25, 0.3) is 11.8 Å². The molecule has 4 aromatic rings. The van der Waals surface area contributed by atoms with Gasteiger partial charge in [0.2, 0.25) is 0 Å². The molecule has 0 aliphatic carbocycles. The Morgan fingerprint density at radius 2 is 1.87 bits per heavy atom. The number of carbonyl (C=O) groups excluding carboxylic acids is 2. The average Bonchev–Trinajstić information content (AvgIpc) is 3.36. The van der Waals surface area contributed by atoms with Crippen LogP contribution in [0.1, 0.15) is 43.4 Å². The lowest BCUT2D eigenvalue weighted by Gasteiger charge is -2.18. The maximum absolute atomic E-state index is 13.2. The predicted octanol–water partition coefficient (Wildman–Crippen LogP) is 5.30. The standard InChI is InChI=1S/C25H20N2O3S/c1-14-7-3-4-8-15(14)22-21-17(24(28)27-22)10-5-11-19(21)26-25(29)18-13-31-23-16(18)9-6-12-20(23)30-2/h3-13,22H,1-2H3,(H,26,29)(H,27,28). The van der Waals surface area contributed by atoms with Gasteiger partial charge in [-0.3, -0.25) is 9.59 Å². The third kappa shape index (κ3) is 3.16. The number of ether oxygens (including phenoxy) is 1. The van der Waals surface area contributed by atoms with E-state index in [9.17, 15) is 9.59 Å². The van der Waals surface area contributed by atoms with Crippen LogP contribution in [0.25, 0.3) is 10.1 Å². The first-order chi connectivity index (χ1) is 15.1. The average molecular weight is 429 g/mol. The van der Waals surface area contributed by atoms with Gasteiger partial charge in [-0.05, 0) is 36.2 Å². The zero-order valence-corrected chi connectivity index (χ0v) is 17.9. The Labute approximate surface area is 183 Å². The zero-order chi connectivity index (χ0) is 21.5.